The number of nitrogens with one attached hydrogen (secondary N) is 2. The van der Waals surface area contributed by atoms with Crippen molar-refractivity contribution < 1.29 is 29.5 Å². The summed E-state index contributed by atoms with van der Waals surface area (Å²) < 4.78 is 0. The molecule has 8 heteroatoms. The van der Waals surface area contributed by atoms with E-state index in [0.29, 0.717) is 0 Å². The van der Waals surface area contributed by atoms with E-state index in [4.69, 9.17) is 29.5 Å². The van der Waals surface area contributed by atoms with Gasteiger partial charge in [0.25, 0.3) is 0 Å². The zero-order valence-corrected chi connectivity index (χ0v) is 14.9. The molecule has 0 aliphatic carbocycles. The molecule has 0 atom stereocenters. The van der Waals surface area contributed by atoms with E-state index in [-0.39, 0.29) is 11.2 Å². The van der Waals surface area contributed by atoms with Crippen LogP contribution >= 0.6 is 0 Å². The van der Waals surface area contributed by atoms with Gasteiger partial charge in [0.15, 0.2) is 0 Å². The van der Waals surface area contributed by atoms with Crippen molar-refractivity contribution in [2.24, 2.45) is 0 Å². The third-order valence-electron chi connectivity index (χ3n) is 1.23. The van der Waals surface area contributed by atoms with E-state index in [1.807, 2.05) is 55.4 Å². The van der Waals surface area contributed by atoms with Crippen LogP contribution in [0, 0.1) is 0 Å². The number of carboxylic acid groups (broad SMARTS) is 2. The van der Waals surface area contributed by atoms with Crippen molar-refractivity contribution >= 4 is 11.9 Å². The van der Waals surface area contributed by atoms with Crippen LogP contribution in [0.2, 0.25) is 0 Å². The van der Waals surface area contributed by atoms with Crippen LogP contribution in [0.3, 0.4) is 0 Å². The third-order valence-corrected chi connectivity index (χ3v) is 1.23. The largest absolute Gasteiger partial charge is 0.473 e. The van der Waals surface area contributed by atoms with E-state index in [1.54, 1.807) is 0 Å². The minimum absolute atomic E-state index is 0.0595. The first-order chi connectivity index (χ1) is 9.76. The fraction of sp³-hybridized carbons (Fsp3) is 0.857. The van der Waals surface area contributed by atoms with Gasteiger partial charge in [0.05, 0.1) is 11.2 Å². The molecule has 0 unspecified atom stereocenters. The maximum Gasteiger partial charge on any atom is 0.414 e. The molecule has 0 saturated heterocycles. The van der Waals surface area contributed by atoms with Crippen LogP contribution in [-0.4, -0.2) is 46.4 Å². The Hall–Kier alpha value is -1.22. The van der Waals surface area contributed by atoms with Crippen molar-refractivity contribution in [3.05, 3.63) is 0 Å². The van der Waals surface area contributed by atoms with Crippen LogP contribution in [0.15, 0.2) is 0 Å². The molecule has 0 aromatic rings. The molecule has 0 aliphatic heterocycles. The predicted molar refractivity (Wildman–Crippen MR) is 84.3 cm³/mol. The highest BCUT2D eigenvalue weighted by Crippen LogP contribution is 2.03. The summed E-state index contributed by atoms with van der Waals surface area (Å²) in [6.45, 7) is 17.8. The minimum atomic E-state index is -1.82. The van der Waals surface area contributed by atoms with Gasteiger partial charge in [-0.2, -0.15) is 0 Å². The van der Waals surface area contributed by atoms with Gasteiger partial charge in [0.2, 0.25) is 0 Å². The fourth-order valence-corrected chi connectivity index (χ4v) is 0.577. The number of hydroxylamine groups is 2. The van der Waals surface area contributed by atoms with Crippen LogP contribution in [0.5, 0.6) is 0 Å². The van der Waals surface area contributed by atoms with E-state index < -0.39 is 11.9 Å². The molecule has 4 N–H and O–H groups in total. The van der Waals surface area contributed by atoms with Gasteiger partial charge >= 0.3 is 11.9 Å². The monoisotopic (exact) mass is 324 g/mol. The van der Waals surface area contributed by atoms with E-state index in [1.165, 1.54) is 0 Å². The summed E-state index contributed by atoms with van der Waals surface area (Å²) in [5.74, 6) is -3.65. The standard InChI is InChI=1S/2C6H15NO.C2H2O4/c2*1-5-7-8-6(2,3)4;3-1(4)2(5)6/h2*7H,5H2,1-4H3;(H,3,4)(H,5,6). The second kappa shape index (κ2) is 13.4. The highest BCUT2D eigenvalue weighted by molar-refractivity contribution is 6.27. The normalized spacial score (nSPS) is 10.7. The van der Waals surface area contributed by atoms with Crippen LogP contribution in [-0.2, 0) is 19.3 Å². The number of carboxylic acids is 2. The third kappa shape index (κ3) is 36.3. The highest BCUT2D eigenvalue weighted by atomic mass is 16.7. The summed E-state index contributed by atoms with van der Waals surface area (Å²) in [4.78, 5) is 28.5. The van der Waals surface area contributed by atoms with Crippen molar-refractivity contribution in [3.8, 4) is 0 Å². The van der Waals surface area contributed by atoms with Crippen LogP contribution in [0.4, 0.5) is 0 Å². The Morgan fingerprint density at radius 3 is 1.05 bits per heavy atom. The summed E-state index contributed by atoms with van der Waals surface area (Å²) in [5.41, 5.74) is 5.46. The Kier molecular flexibility index (Phi) is 15.7. The summed E-state index contributed by atoms with van der Waals surface area (Å²) >= 11 is 0. The molecule has 0 saturated carbocycles. The number of rotatable bonds is 4. The van der Waals surface area contributed by atoms with Gasteiger partial charge in [0, 0.05) is 13.1 Å². The molecular weight excluding hydrogens is 292 g/mol. The highest BCUT2D eigenvalue weighted by Gasteiger charge is 2.08. The van der Waals surface area contributed by atoms with Crippen molar-refractivity contribution in [2.45, 2.75) is 66.6 Å². The molecule has 0 bridgehead atoms. The average Bonchev–Trinajstić information content (AvgIpc) is 2.33. The molecule has 0 rings (SSSR count). The molecule has 0 radical (unpaired) electrons. The Balaban J connectivity index is -0.000000249. The van der Waals surface area contributed by atoms with Crippen LogP contribution in [0.25, 0.3) is 0 Å². The molecule has 0 spiro atoms. The van der Waals surface area contributed by atoms with E-state index >= 15 is 0 Å². The minimum Gasteiger partial charge on any atom is -0.473 e. The van der Waals surface area contributed by atoms with Crippen molar-refractivity contribution in [3.63, 3.8) is 0 Å². The Morgan fingerprint density at radius 1 is 0.773 bits per heavy atom. The number of hydrogen-bond donors (Lipinski definition) is 4. The summed E-state index contributed by atoms with van der Waals surface area (Å²) in [6, 6.07) is 0. The second-order valence-corrected chi connectivity index (χ2v) is 6.03. The molecule has 0 heterocycles. The lowest BCUT2D eigenvalue weighted by molar-refractivity contribution is -0.159. The van der Waals surface area contributed by atoms with Crippen LogP contribution in [0.1, 0.15) is 55.4 Å². The zero-order chi connectivity index (χ0) is 18.4. The molecule has 0 amide bonds. The molecule has 0 aliphatic rings. The molecule has 134 valence electrons. The average molecular weight is 324 g/mol. The van der Waals surface area contributed by atoms with Gasteiger partial charge in [-0.1, -0.05) is 13.8 Å². The van der Waals surface area contributed by atoms with E-state index in [9.17, 15) is 0 Å². The SMILES string of the molecule is CCNOC(C)(C)C.CCNOC(C)(C)C.O=C(O)C(=O)O. The summed E-state index contributed by atoms with van der Waals surface area (Å²) in [7, 11) is 0. The molecular formula is C14H32N2O6. The quantitative estimate of drug-likeness (QED) is 0.457. The molecule has 8 nitrogen and oxygen atoms in total. The Morgan fingerprint density at radius 2 is 1.00 bits per heavy atom. The van der Waals surface area contributed by atoms with E-state index in [0.717, 1.165) is 13.1 Å². The first-order valence-electron chi connectivity index (χ1n) is 7.04. The van der Waals surface area contributed by atoms with Gasteiger partial charge in [-0.15, -0.1) is 0 Å². The number of carbonyl (C=O) groups is 2. The first-order valence-corrected chi connectivity index (χ1v) is 7.04. The molecule has 0 fully saturated rings. The van der Waals surface area contributed by atoms with E-state index in [2.05, 4.69) is 11.0 Å². The van der Waals surface area contributed by atoms with Gasteiger partial charge < -0.3 is 10.2 Å². The lowest BCUT2D eigenvalue weighted by atomic mass is 10.2. The topological polar surface area (TPSA) is 117 Å². The molecule has 22 heavy (non-hydrogen) atoms. The maximum atomic E-state index is 9.10. The van der Waals surface area contributed by atoms with Crippen molar-refractivity contribution in [1.82, 2.24) is 11.0 Å². The summed E-state index contributed by atoms with van der Waals surface area (Å²) in [5, 5.41) is 14.8. The fourth-order valence-electron chi connectivity index (χ4n) is 0.577. The van der Waals surface area contributed by atoms with Crippen molar-refractivity contribution in [1.29, 1.82) is 0 Å². The Labute approximate surface area is 133 Å². The van der Waals surface area contributed by atoms with Gasteiger partial charge in [0.1, 0.15) is 0 Å². The lowest BCUT2D eigenvalue weighted by Crippen LogP contribution is -2.28. The maximum absolute atomic E-state index is 9.10. The first kappa shape index (κ1) is 25.7. The van der Waals surface area contributed by atoms with Gasteiger partial charge in [-0.05, 0) is 41.5 Å². The molecule has 0 aromatic carbocycles. The van der Waals surface area contributed by atoms with Gasteiger partial charge in [-0.3, -0.25) is 9.68 Å². The lowest BCUT2D eigenvalue weighted by Gasteiger charge is -2.18. The number of aliphatic carboxylic acids is 2. The Bertz CT molecular complexity index is 265. The summed E-state index contributed by atoms with van der Waals surface area (Å²) in [6.07, 6.45) is 0. The van der Waals surface area contributed by atoms with Crippen molar-refractivity contribution in [2.75, 3.05) is 13.1 Å². The molecule has 0 aromatic heterocycles. The predicted octanol–water partition coefficient (Wildman–Crippen LogP) is 1.81. The second-order valence-electron chi connectivity index (χ2n) is 6.03. The van der Waals surface area contributed by atoms with Crippen LogP contribution < -0.4 is 11.0 Å². The number of hydrogen-bond acceptors (Lipinski definition) is 6. The van der Waals surface area contributed by atoms with Gasteiger partial charge in [-0.25, -0.2) is 20.5 Å². The smallest absolute Gasteiger partial charge is 0.414 e. The zero-order valence-electron chi connectivity index (χ0n) is 14.9.